The van der Waals surface area contributed by atoms with Gasteiger partial charge in [-0.15, -0.1) is 24.0 Å². The van der Waals surface area contributed by atoms with Crippen molar-refractivity contribution in [2.75, 3.05) is 27.2 Å². The van der Waals surface area contributed by atoms with Gasteiger partial charge in [0.25, 0.3) is 0 Å². The van der Waals surface area contributed by atoms with Gasteiger partial charge in [0.1, 0.15) is 5.75 Å². The normalized spacial score (nSPS) is 16.2. The molecule has 0 amide bonds. The zero-order valence-electron chi connectivity index (χ0n) is 14.8. The van der Waals surface area contributed by atoms with E-state index in [-0.39, 0.29) is 24.0 Å². The second kappa shape index (κ2) is 9.65. The number of nitrogens with zero attached hydrogens (tertiary/aromatic N) is 2. The quantitative estimate of drug-likeness (QED) is 0.436. The molecular formula is C20H26IN3O. The number of para-hydroxylation sites is 1. The molecule has 0 bridgehead atoms. The molecular weight excluding hydrogens is 425 g/mol. The van der Waals surface area contributed by atoms with Crippen molar-refractivity contribution in [2.45, 2.75) is 18.9 Å². The molecule has 134 valence electrons. The Morgan fingerprint density at radius 2 is 1.88 bits per heavy atom. The Morgan fingerprint density at radius 1 is 1.16 bits per heavy atom. The molecule has 0 aromatic heterocycles. The summed E-state index contributed by atoms with van der Waals surface area (Å²) in [5.41, 5.74) is 2.57. The van der Waals surface area contributed by atoms with Crippen LogP contribution in [0.15, 0.2) is 59.6 Å². The number of benzene rings is 2. The third-order valence-electron chi connectivity index (χ3n) is 4.43. The lowest BCUT2D eigenvalue weighted by Crippen LogP contribution is -2.40. The van der Waals surface area contributed by atoms with Crippen LogP contribution >= 0.6 is 24.0 Å². The van der Waals surface area contributed by atoms with E-state index in [9.17, 15) is 0 Å². The maximum atomic E-state index is 5.74. The Labute approximate surface area is 167 Å². The topological polar surface area (TPSA) is 36.9 Å². The van der Waals surface area contributed by atoms with Crippen LogP contribution in [0.25, 0.3) is 0 Å². The Kier molecular flexibility index (Phi) is 7.55. The van der Waals surface area contributed by atoms with E-state index in [2.05, 4.69) is 64.7 Å². The number of ether oxygens (including phenoxy) is 1. The van der Waals surface area contributed by atoms with Gasteiger partial charge in [0.15, 0.2) is 5.96 Å². The Bertz CT molecular complexity index is 690. The van der Waals surface area contributed by atoms with E-state index in [0.717, 1.165) is 37.8 Å². The zero-order chi connectivity index (χ0) is 16.8. The molecule has 1 atom stereocenters. The van der Waals surface area contributed by atoms with Crippen molar-refractivity contribution in [3.8, 4) is 5.75 Å². The van der Waals surface area contributed by atoms with E-state index < -0.39 is 0 Å². The van der Waals surface area contributed by atoms with Gasteiger partial charge in [-0.3, -0.25) is 4.99 Å². The summed E-state index contributed by atoms with van der Waals surface area (Å²) in [6.45, 7) is 2.48. The summed E-state index contributed by atoms with van der Waals surface area (Å²) in [6.07, 6.45) is 1.03. The van der Waals surface area contributed by atoms with Gasteiger partial charge in [0, 0.05) is 33.1 Å². The third-order valence-corrected chi connectivity index (χ3v) is 4.43. The summed E-state index contributed by atoms with van der Waals surface area (Å²) in [5.74, 6) is 2.39. The molecule has 1 heterocycles. The molecule has 1 aliphatic heterocycles. The van der Waals surface area contributed by atoms with Crippen molar-refractivity contribution in [1.82, 2.24) is 10.2 Å². The highest BCUT2D eigenvalue weighted by Crippen LogP contribution is 2.32. The van der Waals surface area contributed by atoms with Gasteiger partial charge in [-0.05, 0) is 23.6 Å². The SMILES string of the molecule is CN=C(NCC1CCOc2ccccc21)N(C)Cc1ccccc1.I. The monoisotopic (exact) mass is 451 g/mol. The van der Waals surface area contributed by atoms with E-state index >= 15 is 0 Å². The minimum Gasteiger partial charge on any atom is -0.493 e. The second-order valence-corrected chi connectivity index (χ2v) is 6.14. The summed E-state index contributed by atoms with van der Waals surface area (Å²) in [4.78, 5) is 6.58. The minimum atomic E-state index is 0. The molecule has 0 aliphatic carbocycles. The van der Waals surface area contributed by atoms with E-state index in [1.54, 1.807) is 0 Å². The molecule has 3 rings (SSSR count). The van der Waals surface area contributed by atoms with Crippen LogP contribution in [0.2, 0.25) is 0 Å². The minimum absolute atomic E-state index is 0. The average Bonchev–Trinajstić information content (AvgIpc) is 2.63. The number of hydrogen-bond donors (Lipinski definition) is 1. The molecule has 1 aliphatic rings. The third kappa shape index (κ3) is 5.11. The van der Waals surface area contributed by atoms with Gasteiger partial charge < -0.3 is 15.0 Å². The maximum absolute atomic E-state index is 5.74. The molecule has 5 heteroatoms. The number of guanidine groups is 1. The van der Waals surface area contributed by atoms with Crippen LogP contribution in [0.3, 0.4) is 0 Å². The maximum Gasteiger partial charge on any atom is 0.193 e. The molecule has 1 unspecified atom stereocenters. The lowest BCUT2D eigenvalue weighted by atomic mass is 9.93. The van der Waals surface area contributed by atoms with Crippen molar-refractivity contribution >= 4 is 29.9 Å². The standard InChI is InChI=1S/C20H25N3O.HI/c1-21-20(23(2)15-16-8-4-3-5-9-16)22-14-17-12-13-24-19-11-7-6-10-18(17)19;/h3-11,17H,12-15H2,1-2H3,(H,21,22);1H. The molecule has 0 fully saturated rings. The summed E-state index contributed by atoms with van der Waals surface area (Å²) in [5, 5.41) is 3.52. The summed E-state index contributed by atoms with van der Waals surface area (Å²) in [7, 11) is 3.90. The van der Waals surface area contributed by atoms with Gasteiger partial charge in [-0.2, -0.15) is 0 Å². The fourth-order valence-electron chi connectivity index (χ4n) is 3.16. The lowest BCUT2D eigenvalue weighted by Gasteiger charge is -2.28. The Morgan fingerprint density at radius 3 is 2.64 bits per heavy atom. The van der Waals surface area contributed by atoms with Crippen molar-refractivity contribution in [3.63, 3.8) is 0 Å². The first-order chi connectivity index (χ1) is 11.8. The zero-order valence-corrected chi connectivity index (χ0v) is 17.1. The molecule has 0 saturated carbocycles. The number of aliphatic imine (C=N–C) groups is 1. The second-order valence-electron chi connectivity index (χ2n) is 6.14. The van der Waals surface area contributed by atoms with Gasteiger partial charge >= 0.3 is 0 Å². The molecule has 1 N–H and O–H groups in total. The van der Waals surface area contributed by atoms with Crippen LogP contribution in [0.5, 0.6) is 5.75 Å². The molecule has 0 radical (unpaired) electrons. The van der Waals surface area contributed by atoms with Crippen molar-refractivity contribution < 1.29 is 4.74 Å². The van der Waals surface area contributed by atoms with E-state index in [1.165, 1.54) is 11.1 Å². The van der Waals surface area contributed by atoms with Crippen LogP contribution in [0.4, 0.5) is 0 Å². The first kappa shape index (κ1) is 19.6. The number of nitrogens with one attached hydrogen (secondary N) is 1. The summed E-state index contributed by atoms with van der Waals surface area (Å²) >= 11 is 0. The highest BCUT2D eigenvalue weighted by atomic mass is 127. The lowest BCUT2D eigenvalue weighted by molar-refractivity contribution is 0.266. The van der Waals surface area contributed by atoms with Crippen LogP contribution in [0, 0.1) is 0 Å². The first-order valence-electron chi connectivity index (χ1n) is 8.45. The van der Waals surface area contributed by atoms with Gasteiger partial charge in [0.2, 0.25) is 0 Å². The van der Waals surface area contributed by atoms with E-state index in [1.807, 2.05) is 19.2 Å². The molecule has 2 aromatic rings. The highest BCUT2D eigenvalue weighted by Gasteiger charge is 2.21. The Balaban J connectivity index is 0.00000225. The summed E-state index contributed by atoms with van der Waals surface area (Å²) in [6, 6.07) is 18.8. The molecule has 0 spiro atoms. The van der Waals surface area contributed by atoms with Crippen molar-refractivity contribution in [2.24, 2.45) is 4.99 Å². The molecule has 25 heavy (non-hydrogen) atoms. The van der Waals surface area contributed by atoms with Crippen LogP contribution in [-0.2, 0) is 6.54 Å². The largest absolute Gasteiger partial charge is 0.493 e. The van der Waals surface area contributed by atoms with E-state index in [0.29, 0.717) is 5.92 Å². The van der Waals surface area contributed by atoms with Gasteiger partial charge in [-0.1, -0.05) is 48.5 Å². The highest BCUT2D eigenvalue weighted by molar-refractivity contribution is 14.0. The predicted molar refractivity (Wildman–Crippen MR) is 114 cm³/mol. The first-order valence-corrected chi connectivity index (χ1v) is 8.45. The van der Waals surface area contributed by atoms with Crippen molar-refractivity contribution in [3.05, 3.63) is 65.7 Å². The van der Waals surface area contributed by atoms with Gasteiger partial charge in [-0.25, -0.2) is 0 Å². The number of halogens is 1. The predicted octanol–water partition coefficient (Wildman–Crippen LogP) is 3.88. The van der Waals surface area contributed by atoms with E-state index in [4.69, 9.17) is 4.74 Å². The smallest absolute Gasteiger partial charge is 0.193 e. The summed E-state index contributed by atoms with van der Waals surface area (Å²) < 4.78 is 5.74. The fraction of sp³-hybridized carbons (Fsp3) is 0.350. The number of rotatable bonds is 4. The van der Waals surface area contributed by atoms with Gasteiger partial charge in [0.05, 0.1) is 6.61 Å². The number of fused-ring (bicyclic) bond motifs is 1. The van der Waals surface area contributed by atoms with Crippen LogP contribution in [0.1, 0.15) is 23.5 Å². The fourth-order valence-corrected chi connectivity index (χ4v) is 3.16. The molecule has 2 aromatic carbocycles. The average molecular weight is 451 g/mol. The van der Waals surface area contributed by atoms with Crippen LogP contribution < -0.4 is 10.1 Å². The molecule has 0 saturated heterocycles. The Hall–Kier alpha value is -1.76. The molecule has 4 nitrogen and oxygen atoms in total. The van der Waals surface area contributed by atoms with Crippen molar-refractivity contribution in [1.29, 1.82) is 0 Å². The van der Waals surface area contributed by atoms with Crippen LogP contribution in [-0.4, -0.2) is 38.1 Å². The number of hydrogen-bond acceptors (Lipinski definition) is 2.